The molecule has 1 heterocycles. The second kappa shape index (κ2) is 12.6. The van der Waals surface area contributed by atoms with Crippen LogP contribution in [-0.4, -0.2) is 49.6 Å². The lowest BCUT2D eigenvalue weighted by atomic mass is 9.99. The summed E-state index contributed by atoms with van der Waals surface area (Å²) in [4.78, 5) is 13.6. The number of carbonyl (C=O) groups is 1. The Morgan fingerprint density at radius 2 is 1.42 bits per heavy atom. The Kier molecular flexibility index (Phi) is 9.80. The maximum atomic E-state index is 13.6. The monoisotopic (exact) mass is 476 g/mol. The van der Waals surface area contributed by atoms with Gasteiger partial charge in [0.1, 0.15) is 17.9 Å². The number of ketones is 1. The Balaban J connectivity index is 1.77. The standard InChI is InChI=1S/C25H33O7P/c1-4-30-33(27,31-5-2)25-19(3)32-22(18-28-16-20-12-8-6-9-13-20)24(23(25)26)29-17-21-14-10-7-11-15-21/h6-15,19,22,24-25H,4-5,16-18H2,1-3H3/t19-,22-,24-,25-/m1/s1. The number of Topliss-reactive ketones (excluding diaryl/α,β-unsaturated/α-hetero) is 1. The second-order valence-corrected chi connectivity index (χ2v) is 9.97. The van der Waals surface area contributed by atoms with Crippen LogP contribution in [0.15, 0.2) is 60.7 Å². The summed E-state index contributed by atoms with van der Waals surface area (Å²) in [6.07, 6.45) is -2.28. The second-order valence-electron chi connectivity index (χ2n) is 7.82. The number of hydrogen-bond acceptors (Lipinski definition) is 7. The van der Waals surface area contributed by atoms with Crippen LogP contribution < -0.4 is 0 Å². The third-order valence-electron chi connectivity index (χ3n) is 5.37. The molecule has 0 amide bonds. The molecule has 0 spiro atoms. The molecule has 0 radical (unpaired) electrons. The van der Waals surface area contributed by atoms with Crippen LogP contribution in [0.3, 0.4) is 0 Å². The third kappa shape index (κ3) is 6.82. The molecular weight excluding hydrogens is 443 g/mol. The fourth-order valence-corrected chi connectivity index (χ4v) is 6.08. The van der Waals surface area contributed by atoms with E-state index in [2.05, 4.69) is 0 Å². The average molecular weight is 477 g/mol. The summed E-state index contributed by atoms with van der Waals surface area (Å²) >= 11 is 0. The van der Waals surface area contributed by atoms with E-state index < -0.39 is 31.6 Å². The number of ether oxygens (including phenoxy) is 3. The molecule has 7 nitrogen and oxygen atoms in total. The SMILES string of the molecule is CCOP(=O)(OCC)[C@H]1C(=O)[C@H](OCc2ccccc2)[C@@H](COCc2ccccc2)O[C@@H]1C. The van der Waals surface area contributed by atoms with Gasteiger partial charge in [-0.05, 0) is 31.9 Å². The highest BCUT2D eigenvalue weighted by atomic mass is 31.2. The van der Waals surface area contributed by atoms with Crippen molar-refractivity contribution in [3.05, 3.63) is 71.8 Å². The molecule has 180 valence electrons. The van der Waals surface area contributed by atoms with Gasteiger partial charge in [0.25, 0.3) is 0 Å². The summed E-state index contributed by atoms with van der Waals surface area (Å²) < 4.78 is 42.5. The smallest absolute Gasteiger partial charge is 0.343 e. The molecule has 0 saturated carbocycles. The molecule has 33 heavy (non-hydrogen) atoms. The fourth-order valence-electron chi connectivity index (χ4n) is 3.92. The molecule has 0 bridgehead atoms. The first-order valence-corrected chi connectivity index (χ1v) is 12.9. The summed E-state index contributed by atoms with van der Waals surface area (Å²) in [5.41, 5.74) is 0.871. The highest BCUT2D eigenvalue weighted by Gasteiger charge is 2.53. The fraction of sp³-hybridized carbons (Fsp3) is 0.480. The predicted octanol–water partition coefficient (Wildman–Crippen LogP) is 4.78. The van der Waals surface area contributed by atoms with Gasteiger partial charge in [-0.3, -0.25) is 9.36 Å². The quantitative estimate of drug-likeness (QED) is 0.408. The summed E-state index contributed by atoms with van der Waals surface area (Å²) in [5.74, 6) is -0.344. The Labute approximate surface area is 195 Å². The van der Waals surface area contributed by atoms with E-state index in [1.165, 1.54) is 0 Å². The number of benzene rings is 2. The van der Waals surface area contributed by atoms with E-state index in [4.69, 9.17) is 23.3 Å². The van der Waals surface area contributed by atoms with Crippen molar-refractivity contribution in [3.63, 3.8) is 0 Å². The first-order valence-electron chi connectivity index (χ1n) is 11.3. The van der Waals surface area contributed by atoms with Gasteiger partial charge in [0.2, 0.25) is 0 Å². The van der Waals surface area contributed by atoms with Crippen LogP contribution in [0.1, 0.15) is 31.9 Å². The van der Waals surface area contributed by atoms with Crippen LogP contribution in [0.5, 0.6) is 0 Å². The van der Waals surface area contributed by atoms with Crippen LogP contribution in [0.2, 0.25) is 0 Å². The molecule has 2 aromatic carbocycles. The Morgan fingerprint density at radius 3 is 1.97 bits per heavy atom. The van der Waals surface area contributed by atoms with Gasteiger partial charge in [0.15, 0.2) is 5.78 Å². The zero-order valence-electron chi connectivity index (χ0n) is 19.4. The summed E-state index contributed by atoms with van der Waals surface area (Å²) in [5, 5.41) is 0. The van der Waals surface area contributed by atoms with Crippen molar-refractivity contribution in [1.82, 2.24) is 0 Å². The minimum atomic E-state index is -3.74. The molecule has 8 heteroatoms. The van der Waals surface area contributed by atoms with Crippen LogP contribution in [0, 0.1) is 0 Å². The molecule has 1 fully saturated rings. The highest BCUT2D eigenvalue weighted by molar-refractivity contribution is 7.55. The normalized spacial score (nSPS) is 23.5. The van der Waals surface area contributed by atoms with Crippen LogP contribution >= 0.6 is 7.60 Å². The lowest BCUT2D eigenvalue weighted by Gasteiger charge is -2.40. The Morgan fingerprint density at radius 1 is 0.879 bits per heavy atom. The first-order chi connectivity index (χ1) is 16.0. The van der Waals surface area contributed by atoms with Crippen LogP contribution in [-0.2, 0) is 45.8 Å². The van der Waals surface area contributed by atoms with Crippen molar-refractivity contribution < 1.29 is 32.6 Å². The van der Waals surface area contributed by atoms with Gasteiger partial charge in [-0.15, -0.1) is 0 Å². The molecule has 0 aromatic heterocycles. The van der Waals surface area contributed by atoms with Gasteiger partial charge < -0.3 is 23.3 Å². The van der Waals surface area contributed by atoms with Gasteiger partial charge in [-0.1, -0.05) is 60.7 Å². The van der Waals surface area contributed by atoms with E-state index in [0.29, 0.717) is 6.61 Å². The molecule has 1 aliphatic rings. The molecule has 0 aliphatic carbocycles. The minimum Gasteiger partial charge on any atom is -0.374 e. The van der Waals surface area contributed by atoms with Crippen molar-refractivity contribution in [2.75, 3.05) is 19.8 Å². The van der Waals surface area contributed by atoms with Gasteiger partial charge >= 0.3 is 7.60 Å². The zero-order valence-corrected chi connectivity index (χ0v) is 20.3. The third-order valence-corrected chi connectivity index (χ3v) is 7.96. The largest absolute Gasteiger partial charge is 0.374 e. The molecular formula is C25H33O7P. The predicted molar refractivity (Wildman–Crippen MR) is 125 cm³/mol. The summed E-state index contributed by atoms with van der Waals surface area (Å²) in [6.45, 7) is 6.22. The van der Waals surface area contributed by atoms with Crippen molar-refractivity contribution in [3.8, 4) is 0 Å². The van der Waals surface area contributed by atoms with E-state index in [0.717, 1.165) is 11.1 Å². The Hall–Kier alpha value is -1.86. The van der Waals surface area contributed by atoms with Gasteiger partial charge in [0.05, 0.1) is 39.1 Å². The molecule has 0 unspecified atom stereocenters. The molecule has 3 rings (SSSR count). The van der Waals surface area contributed by atoms with E-state index in [1.807, 2.05) is 60.7 Å². The minimum absolute atomic E-state index is 0.157. The van der Waals surface area contributed by atoms with Gasteiger partial charge in [-0.2, -0.15) is 0 Å². The zero-order chi connectivity index (χ0) is 23.7. The average Bonchev–Trinajstić information content (AvgIpc) is 2.80. The van der Waals surface area contributed by atoms with Gasteiger partial charge in [0, 0.05) is 0 Å². The molecule has 4 atom stereocenters. The maximum Gasteiger partial charge on any atom is 0.343 e. The van der Waals surface area contributed by atoms with E-state index in [1.54, 1.807) is 20.8 Å². The number of hydrogen-bond donors (Lipinski definition) is 0. The molecule has 0 N–H and O–H groups in total. The molecule has 1 aliphatic heterocycles. The maximum absolute atomic E-state index is 13.6. The lowest BCUT2D eigenvalue weighted by molar-refractivity contribution is -0.176. The lowest BCUT2D eigenvalue weighted by Crippen LogP contribution is -2.56. The first kappa shape index (κ1) is 25.8. The topological polar surface area (TPSA) is 80.3 Å². The van der Waals surface area contributed by atoms with Crippen molar-refractivity contribution in [2.45, 2.75) is 58.0 Å². The number of rotatable bonds is 12. The Bertz CT molecular complexity index is 895. The van der Waals surface area contributed by atoms with Gasteiger partial charge in [-0.25, -0.2) is 0 Å². The highest BCUT2D eigenvalue weighted by Crippen LogP contribution is 2.56. The number of carbonyl (C=O) groups excluding carboxylic acids is 1. The van der Waals surface area contributed by atoms with Crippen molar-refractivity contribution in [1.29, 1.82) is 0 Å². The molecule has 2 aromatic rings. The summed E-state index contributed by atoms with van der Waals surface area (Å²) in [6, 6.07) is 19.3. The van der Waals surface area contributed by atoms with E-state index in [9.17, 15) is 9.36 Å². The van der Waals surface area contributed by atoms with Crippen molar-refractivity contribution in [2.24, 2.45) is 0 Å². The van der Waals surface area contributed by atoms with Crippen LogP contribution in [0.25, 0.3) is 0 Å². The van der Waals surface area contributed by atoms with E-state index >= 15 is 0 Å². The summed E-state index contributed by atoms with van der Waals surface area (Å²) in [7, 11) is -3.74. The van der Waals surface area contributed by atoms with Crippen molar-refractivity contribution >= 4 is 13.4 Å². The van der Waals surface area contributed by atoms with Crippen LogP contribution in [0.4, 0.5) is 0 Å². The molecule has 1 saturated heterocycles. The van der Waals surface area contributed by atoms with E-state index in [-0.39, 0.29) is 32.2 Å².